The van der Waals surface area contributed by atoms with Crippen molar-refractivity contribution in [3.05, 3.63) is 64.0 Å². The van der Waals surface area contributed by atoms with Gasteiger partial charge in [0.1, 0.15) is 5.82 Å². The topological polar surface area (TPSA) is 98.5 Å². The number of nitrogens with zero attached hydrogens (tertiary/aromatic N) is 1. The average Bonchev–Trinajstić information content (AvgIpc) is 2.63. The van der Waals surface area contributed by atoms with Crippen LogP contribution < -0.4 is 5.32 Å². The first-order valence-corrected chi connectivity index (χ1v) is 8.93. The molecule has 1 amide bonds. The van der Waals surface area contributed by atoms with E-state index in [1.165, 1.54) is 49.0 Å². The molecular formula is C18H17FN2O5S. The lowest BCUT2D eigenvalue weighted by molar-refractivity contribution is -0.385. The summed E-state index contributed by atoms with van der Waals surface area (Å²) >= 11 is 1.37. The first kappa shape index (κ1) is 20.4. The number of carbonyl (C=O) groups excluding carboxylic acids is 2. The maximum Gasteiger partial charge on any atom is 0.307 e. The number of nitro groups is 1. The fourth-order valence-corrected chi connectivity index (χ4v) is 2.98. The summed E-state index contributed by atoms with van der Waals surface area (Å²) in [6.45, 7) is 1.04. The summed E-state index contributed by atoms with van der Waals surface area (Å²) in [6.07, 6.45) is 0.0885. The van der Waals surface area contributed by atoms with Crippen molar-refractivity contribution in [1.82, 2.24) is 0 Å². The molecule has 0 aliphatic carbocycles. The number of halogens is 1. The molecule has 2 aromatic carbocycles. The van der Waals surface area contributed by atoms with Crippen LogP contribution in [0.2, 0.25) is 0 Å². The van der Waals surface area contributed by atoms with Crippen LogP contribution in [-0.2, 0) is 14.3 Å². The Morgan fingerprint density at radius 3 is 2.59 bits per heavy atom. The molecule has 1 N–H and O–H groups in total. The number of hydrogen-bond donors (Lipinski definition) is 1. The van der Waals surface area contributed by atoms with Gasteiger partial charge in [0.25, 0.3) is 11.6 Å². The molecule has 0 bridgehead atoms. The molecule has 0 fully saturated rings. The van der Waals surface area contributed by atoms with E-state index < -0.39 is 23.4 Å². The van der Waals surface area contributed by atoms with Crippen molar-refractivity contribution in [3.8, 4) is 0 Å². The van der Waals surface area contributed by atoms with Gasteiger partial charge in [0, 0.05) is 16.7 Å². The van der Waals surface area contributed by atoms with Crippen LogP contribution in [0.25, 0.3) is 0 Å². The van der Waals surface area contributed by atoms with Gasteiger partial charge in [-0.3, -0.25) is 19.7 Å². The second kappa shape index (κ2) is 9.67. The Kier molecular flexibility index (Phi) is 7.30. The third kappa shape index (κ3) is 6.37. The molecule has 0 saturated heterocycles. The molecule has 0 aliphatic rings. The third-order valence-electron chi connectivity index (χ3n) is 3.53. The Balaban J connectivity index is 1.75. The number of thioether (sulfide) groups is 1. The number of ether oxygens (including phenoxy) is 1. The van der Waals surface area contributed by atoms with Gasteiger partial charge in [-0.25, -0.2) is 4.39 Å². The Morgan fingerprint density at radius 1 is 1.22 bits per heavy atom. The SMILES string of the molecule is Cc1c(NC(=O)COC(=O)CCSc2ccc(F)cc2)cccc1[N+](=O)[O-]. The lowest BCUT2D eigenvalue weighted by atomic mass is 10.1. The molecule has 0 unspecified atom stereocenters. The molecule has 0 saturated carbocycles. The van der Waals surface area contributed by atoms with E-state index in [1.807, 2.05) is 0 Å². The van der Waals surface area contributed by atoms with Gasteiger partial charge < -0.3 is 10.1 Å². The summed E-state index contributed by atoms with van der Waals surface area (Å²) in [5, 5.41) is 13.4. The molecule has 7 nitrogen and oxygen atoms in total. The minimum atomic E-state index is -0.585. The molecular weight excluding hydrogens is 375 g/mol. The zero-order valence-corrected chi connectivity index (χ0v) is 15.3. The van der Waals surface area contributed by atoms with Crippen LogP contribution in [0.3, 0.4) is 0 Å². The Hall–Kier alpha value is -2.94. The number of esters is 1. The van der Waals surface area contributed by atoms with Crippen molar-refractivity contribution < 1.29 is 23.6 Å². The van der Waals surface area contributed by atoms with Gasteiger partial charge in [-0.15, -0.1) is 11.8 Å². The van der Waals surface area contributed by atoms with Crippen molar-refractivity contribution >= 4 is 35.0 Å². The van der Waals surface area contributed by atoms with Crippen LogP contribution in [0.1, 0.15) is 12.0 Å². The van der Waals surface area contributed by atoms with E-state index in [1.54, 1.807) is 12.1 Å². The predicted molar refractivity (Wildman–Crippen MR) is 99.2 cm³/mol. The van der Waals surface area contributed by atoms with Gasteiger partial charge in [-0.1, -0.05) is 6.07 Å². The highest BCUT2D eigenvalue weighted by molar-refractivity contribution is 7.99. The maximum absolute atomic E-state index is 12.8. The predicted octanol–water partition coefficient (Wildman–Crippen LogP) is 3.71. The maximum atomic E-state index is 12.8. The summed E-state index contributed by atoms with van der Waals surface area (Å²) < 4.78 is 17.7. The molecule has 9 heteroatoms. The Morgan fingerprint density at radius 2 is 1.93 bits per heavy atom. The van der Waals surface area contributed by atoms with E-state index in [0.717, 1.165) is 4.90 Å². The summed E-state index contributed by atoms with van der Waals surface area (Å²) in [4.78, 5) is 34.8. The molecule has 27 heavy (non-hydrogen) atoms. The molecule has 0 radical (unpaired) electrons. The van der Waals surface area contributed by atoms with Gasteiger partial charge in [0.15, 0.2) is 6.61 Å². The lowest BCUT2D eigenvalue weighted by Gasteiger charge is -2.09. The molecule has 0 spiro atoms. The van der Waals surface area contributed by atoms with Gasteiger partial charge in [-0.2, -0.15) is 0 Å². The number of nitrogens with one attached hydrogen (secondary N) is 1. The van der Waals surface area contributed by atoms with E-state index >= 15 is 0 Å². The van der Waals surface area contributed by atoms with E-state index in [2.05, 4.69) is 5.32 Å². The molecule has 0 atom stereocenters. The van der Waals surface area contributed by atoms with Gasteiger partial charge >= 0.3 is 5.97 Å². The first-order valence-electron chi connectivity index (χ1n) is 7.94. The van der Waals surface area contributed by atoms with E-state index in [-0.39, 0.29) is 23.6 Å². The van der Waals surface area contributed by atoms with Crippen LogP contribution >= 0.6 is 11.8 Å². The molecule has 142 valence electrons. The van der Waals surface area contributed by atoms with Crippen molar-refractivity contribution in [2.75, 3.05) is 17.7 Å². The Labute approximate surface area is 159 Å². The number of carbonyl (C=O) groups is 2. The summed E-state index contributed by atoms with van der Waals surface area (Å²) in [7, 11) is 0. The summed E-state index contributed by atoms with van der Waals surface area (Å²) in [5.41, 5.74) is 0.498. The van der Waals surface area contributed by atoms with E-state index in [9.17, 15) is 24.1 Å². The molecule has 2 aromatic rings. The minimum Gasteiger partial charge on any atom is -0.456 e. The zero-order valence-electron chi connectivity index (χ0n) is 14.4. The highest BCUT2D eigenvalue weighted by Crippen LogP contribution is 2.25. The number of benzene rings is 2. The van der Waals surface area contributed by atoms with Crippen LogP contribution in [0.5, 0.6) is 0 Å². The number of hydrogen-bond acceptors (Lipinski definition) is 6. The third-order valence-corrected chi connectivity index (χ3v) is 4.54. The molecule has 0 aliphatic heterocycles. The van der Waals surface area contributed by atoms with Crippen molar-refractivity contribution in [2.45, 2.75) is 18.2 Å². The fourth-order valence-electron chi connectivity index (χ4n) is 2.14. The lowest BCUT2D eigenvalue weighted by Crippen LogP contribution is -2.21. The average molecular weight is 392 g/mol. The molecule has 2 rings (SSSR count). The van der Waals surface area contributed by atoms with Crippen LogP contribution in [-0.4, -0.2) is 29.2 Å². The number of rotatable bonds is 8. The Bertz CT molecular complexity index is 842. The second-order valence-corrected chi connectivity index (χ2v) is 6.64. The normalized spacial score (nSPS) is 10.3. The number of nitro benzene ring substituents is 1. The second-order valence-electron chi connectivity index (χ2n) is 5.47. The quantitative estimate of drug-likeness (QED) is 0.318. The van der Waals surface area contributed by atoms with Gasteiger partial charge in [-0.05, 0) is 37.3 Å². The van der Waals surface area contributed by atoms with Gasteiger partial charge in [0.2, 0.25) is 0 Å². The van der Waals surface area contributed by atoms with Crippen molar-refractivity contribution in [2.24, 2.45) is 0 Å². The van der Waals surface area contributed by atoms with Gasteiger partial charge in [0.05, 0.1) is 22.6 Å². The van der Waals surface area contributed by atoms with Crippen molar-refractivity contribution in [1.29, 1.82) is 0 Å². The van der Waals surface area contributed by atoms with E-state index in [4.69, 9.17) is 4.74 Å². The number of anilines is 1. The summed E-state index contributed by atoms with van der Waals surface area (Å²) in [6, 6.07) is 10.2. The number of amides is 1. The highest BCUT2D eigenvalue weighted by atomic mass is 32.2. The highest BCUT2D eigenvalue weighted by Gasteiger charge is 2.15. The summed E-state index contributed by atoms with van der Waals surface area (Å²) in [5.74, 6) is -1.03. The van der Waals surface area contributed by atoms with Crippen LogP contribution in [0.15, 0.2) is 47.4 Å². The standard InChI is InChI=1S/C18H17FN2O5S/c1-12-15(3-2-4-16(12)21(24)25)20-17(22)11-26-18(23)9-10-27-14-7-5-13(19)6-8-14/h2-8H,9-11H2,1H3,(H,20,22). The molecule has 0 heterocycles. The van der Waals surface area contributed by atoms with Crippen molar-refractivity contribution in [3.63, 3.8) is 0 Å². The smallest absolute Gasteiger partial charge is 0.307 e. The molecule has 0 aromatic heterocycles. The van der Waals surface area contributed by atoms with Crippen LogP contribution in [0, 0.1) is 22.9 Å². The van der Waals surface area contributed by atoms with Crippen LogP contribution in [0.4, 0.5) is 15.8 Å². The van der Waals surface area contributed by atoms with E-state index in [0.29, 0.717) is 11.3 Å². The largest absolute Gasteiger partial charge is 0.456 e. The zero-order chi connectivity index (χ0) is 19.8. The minimum absolute atomic E-state index is 0.0885. The monoisotopic (exact) mass is 392 g/mol. The fraction of sp³-hybridized carbons (Fsp3) is 0.222. The first-order chi connectivity index (χ1) is 12.9.